The third-order valence-electron chi connectivity index (χ3n) is 3.01. The first-order valence-corrected chi connectivity index (χ1v) is 5.26. The highest BCUT2D eigenvalue weighted by atomic mass is 32.1. The van der Waals surface area contributed by atoms with Gasteiger partial charge < -0.3 is 5.73 Å². The average molecular weight is 212 g/mol. The molecule has 4 nitrogen and oxygen atoms in total. The van der Waals surface area contributed by atoms with Crippen LogP contribution < -0.4 is 5.73 Å². The Morgan fingerprint density at radius 3 is 2.50 bits per heavy atom. The molecule has 2 N–H and O–H groups in total. The average Bonchev–Trinajstić information content (AvgIpc) is 2.55. The number of nitro groups is 1. The predicted molar refractivity (Wildman–Crippen MR) is 55.5 cm³/mol. The van der Waals surface area contributed by atoms with E-state index in [0.717, 1.165) is 4.88 Å². The number of nitrogens with two attached hydrogens (primary N) is 1. The first kappa shape index (κ1) is 9.61. The lowest BCUT2D eigenvalue weighted by Crippen LogP contribution is -2.06. The Morgan fingerprint density at radius 1 is 1.57 bits per heavy atom. The monoisotopic (exact) mass is 212 g/mol. The zero-order valence-corrected chi connectivity index (χ0v) is 8.88. The standard InChI is InChI=1S/C9H12N2O2S/c1-9(2)7(8(9)10)5-3-4-6(14-5)11(12)13/h3-4,7-8H,10H2,1-2H3. The predicted octanol–water partition coefficient (Wildman–Crippen LogP) is 2.11. The van der Waals surface area contributed by atoms with Crippen molar-refractivity contribution in [3.63, 3.8) is 0 Å². The molecule has 76 valence electrons. The molecule has 1 aliphatic rings. The van der Waals surface area contributed by atoms with Crippen molar-refractivity contribution >= 4 is 16.3 Å². The molecule has 0 aliphatic heterocycles. The second-order valence-corrected chi connectivity index (χ2v) is 5.35. The third kappa shape index (κ3) is 1.24. The number of rotatable bonds is 2. The molecule has 1 saturated carbocycles. The van der Waals surface area contributed by atoms with Gasteiger partial charge in [0.15, 0.2) is 0 Å². The SMILES string of the molecule is CC1(C)C(N)C1c1ccc([N+](=O)[O-])s1. The fraction of sp³-hybridized carbons (Fsp3) is 0.556. The maximum atomic E-state index is 10.5. The molecule has 1 fully saturated rings. The van der Waals surface area contributed by atoms with Crippen molar-refractivity contribution in [2.24, 2.45) is 11.1 Å². The van der Waals surface area contributed by atoms with Crippen molar-refractivity contribution in [1.29, 1.82) is 0 Å². The molecule has 1 aromatic rings. The largest absolute Gasteiger partial charge is 0.327 e. The van der Waals surface area contributed by atoms with Gasteiger partial charge in [-0.3, -0.25) is 10.1 Å². The highest BCUT2D eigenvalue weighted by Gasteiger charge is 2.57. The molecule has 0 saturated heterocycles. The number of hydrogen-bond acceptors (Lipinski definition) is 4. The van der Waals surface area contributed by atoms with Crippen LogP contribution in [0.3, 0.4) is 0 Å². The van der Waals surface area contributed by atoms with Gasteiger partial charge in [0.05, 0.1) is 4.92 Å². The van der Waals surface area contributed by atoms with Crippen molar-refractivity contribution < 1.29 is 4.92 Å². The molecule has 0 bridgehead atoms. The van der Waals surface area contributed by atoms with E-state index in [9.17, 15) is 10.1 Å². The molecule has 2 atom stereocenters. The van der Waals surface area contributed by atoms with Gasteiger partial charge in [0.2, 0.25) is 0 Å². The molecule has 1 heterocycles. The van der Waals surface area contributed by atoms with E-state index in [-0.39, 0.29) is 21.4 Å². The third-order valence-corrected chi connectivity index (χ3v) is 4.13. The van der Waals surface area contributed by atoms with Gasteiger partial charge in [-0.05, 0) is 11.5 Å². The normalized spacial score (nSPS) is 28.8. The van der Waals surface area contributed by atoms with Crippen molar-refractivity contribution in [3.05, 3.63) is 27.1 Å². The van der Waals surface area contributed by atoms with Crippen molar-refractivity contribution in [2.45, 2.75) is 25.8 Å². The summed E-state index contributed by atoms with van der Waals surface area (Å²) < 4.78 is 0. The lowest BCUT2D eigenvalue weighted by Gasteiger charge is -1.97. The first-order valence-electron chi connectivity index (χ1n) is 4.44. The van der Waals surface area contributed by atoms with Crippen molar-refractivity contribution in [3.8, 4) is 0 Å². The van der Waals surface area contributed by atoms with Crippen LogP contribution >= 0.6 is 11.3 Å². The highest BCUT2D eigenvalue weighted by molar-refractivity contribution is 7.15. The van der Waals surface area contributed by atoms with Crippen LogP contribution in [0.15, 0.2) is 12.1 Å². The summed E-state index contributed by atoms with van der Waals surface area (Å²) in [7, 11) is 0. The van der Waals surface area contributed by atoms with Gasteiger partial charge in [-0.2, -0.15) is 0 Å². The zero-order chi connectivity index (χ0) is 10.5. The minimum Gasteiger partial charge on any atom is -0.327 e. The van der Waals surface area contributed by atoms with E-state index in [1.165, 1.54) is 11.3 Å². The molecule has 1 aliphatic carbocycles. The maximum Gasteiger partial charge on any atom is 0.324 e. The second kappa shape index (κ2) is 2.77. The van der Waals surface area contributed by atoms with E-state index >= 15 is 0 Å². The summed E-state index contributed by atoms with van der Waals surface area (Å²) >= 11 is 1.24. The van der Waals surface area contributed by atoms with Gasteiger partial charge in [-0.15, -0.1) is 0 Å². The first-order chi connectivity index (χ1) is 6.44. The van der Waals surface area contributed by atoms with Crippen LogP contribution in [-0.2, 0) is 0 Å². The number of thiophene rings is 1. The Morgan fingerprint density at radius 2 is 2.14 bits per heavy atom. The lowest BCUT2D eigenvalue weighted by molar-refractivity contribution is -0.380. The summed E-state index contributed by atoms with van der Waals surface area (Å²) in [4.78, 5) is 11.2. The summed E-state index contributed by atoms with van der Waals surface area (Å²) in [6.07, 6.45) is 0. The Kier molecular flexibility index (Phi) is 1.90. The summed E-state index contributed by atoms with van der Waals surface area (Å²) in [5, 5.41) is 10.7. The van der Waals surface area contributed by atoms with E-state index in [1.54, 1.807) is 6.07 Å². The van der Waals surface area contributed by atoms with E-state index in [1.807, 2.05) is 6.07 Å². The van der Waals surface area contributed by atoms with Crippen LogP contribution in [0, 0.1) is 15.5 Å². The van der Waals surface area contributed by atoms with Gasteiger partial charge >= 0.3 is 5.00 Å². The van der Waals surface area contributed by atoms with Gasteiger partial charge in [-0.1, -0.05) is 25.2 Å². The fourth-order valence-electron chi connectivity index (χ4n) is 1.83. The second-order valence-electron chi connectivity index (χ2n) is 4.26. The maximum absolute atomic E-state index is 10.5. The fourth-order valence-corrected chi connectivity index (χ4v) is 2.99. The molecular weight excluding hydrogens is 200 g/mol. The number of hydrogen-bond donors (Lipinski definition) is 1. The van der Waals surface area contributed by atoms with Crippen LogP contribution in [0.4, 0.5) is 5.00 Å². The summed E-state index contributed by atoms with van der Waals surface area (Å²) in [5.41, 5.74) is 5.99. The molecule has 5 heteroatoms. The van der Waals surface area contributed by atoms with Crippen LogP contribution in [0.5, 0.6) is 0 Å². The van der Waals surface area contributed by atoms with E-state index in [0.29, 0.717) is 5.92 Å². The highest BCUT2D eigenvalue weighted by Crippen LogP contribution is 2.59. The smallest absolute Gasteiger partial charge is 0.324 e. The Balaban J connectivity index is 2.24. The Labute approximate surface area is 85.9 Å². The lowest BCUT2D eigenvalue weighted by atomic mass is 10.1. The topological polar surface area (TPSA) is 69.2 Å². The van der Waals surface area contributed by atoms with Crippen LogP contribution in [0.1, 0.15) is 24.6 Å². The van der Waals surface area contributed by atoms with Gasteiger partial charge in [0, 0.05) is 22.9 Å². The minimum absolute atomic E-state index is 0.0960. The minimum atomic E-state index is -0.352. The van der Waals surface area contributed by atoms with E-state index < -0.39 is 0 Å². The Bertz CT molecular complexity index is 386. The molecular formula is C9H12N2O2S. The molecule has 2 rings (SSSR count). The Hall–Kier alpha value is -0.940. The van der Waals surface area contributed by atoms with Gasteiger partial charge in [0.1, 0.15) is 0 Å². The molecule has 0 aromatic carbocycles. The molecule has 2 unspecified atom stereocenters. The quantitative estimate of drug-likeness (QED) is 0.603. The number of nitrogens with zero attached hydrogens (tertiary/aromatic N) is 1. The van der Waals surface area contributed by atoms with Crippen LogP contribution in [-0.4, -0.2) is 11.0 Å². The summed E-state index contributed by atoms with van der Waals surface area (Å²) in [6, 6.07) is 3.52. The molecule has 0 spiro atoms. The molecule has 14 heavy (non-hydrogen) atoms. The summed E-state index contributed by atoms with van der Waals surface area (Å²) in [5.74, 6) is 0.293. The molecule has 0 amide bonds. The zero-order valence-electron chi connectivity index (χ0n) is 8.06. The van der Waals surface area contributed by atoms with Crippen molar-refractivity contribution in [2.75, 3.05) is 0 Å². The van der Waals surface area contributed by atoms with Gasteiger partial charge in [-0.25, -0.2) is 0 Å². The van der Waals surface area contributed by atoms with Crippen molar-refractivity contribution in [1.82, 2.24) is 0 Å². The van der Waals surface area contributed by atoms with E-state index in [2.05, 4.69) is 13.8 Å². The van der Waals surface area contributed by atoms with E-state index in [4.69, 9.17) is 5.73 Å². The van der Waals surface area contributed by atoms with Crippen LogP contribution in [0.25, 0.3) is 0 Å². The summed E-state index contributed by atoms with van der Waals surface area (Å²) in [6.45, 7) is 4.18. The molecule has 0 radical (unpaired) electrons. The molecule has 1 aromatic heterocycles. The van der Waals surface area contributed by atoms with Crippen LogP contribution in [0.2, 0.25) is 0 Å². The van der Waals surface area contributed by atoms with Gasteiger partial charge in [0.25, 0.3) is 0 Å².